The molecule has 1 amide bonds. The van der Waals surface area contributed by atoms with Gasteiger partial charge in [-0.05, 0) is 24.8 Å². The number of carboxylic acid groups (broad SMARTS) is 1. The van der Waals surface area contributed by atoms with Gasteiger partial charge in [0.2, 0.25) is 5.91 Å². The maximum absolute atomic E-state index is 14.5. The number of halogens is 2. The highest BCUT2D eigenvalue weighted by Crippen LogP contribution is 2.22. The summed E-state index contributed by atoms with van der Waals surface area (Å²) in [6, 6.07) is 2.41. The quantitative estimate of drug-likeness (QED) is 0.450. The van der Waals surface area contributed by atoms with Gasteiger partial charge < -0.3 is 15.2 Å². The monoisotopic (exact) mass is 455 g/mol. The average Bonchev–Trinajstić information content (AvgIpc) is 3.08. The molecule has 170 valence electrons. The number of amides is 1. The first-order valence-electron chi connectivity index (χ1n) is 9.98. The highest BCUT2D eigenvalue weighted by molar-refractivity contribution is 7.81. The second-order valence-corrected chi connectivity index (χ2v) is 8.16. The van der Waals surface area contributed by atoms with Crippen molar-refractivity contribution >= 4 is 24.5 Å². The molecule has 1 unspecified atom stereocenters. The van der Waals surface area contributed by atoms with Crippen LogP contribution in [-0.4, -0.2) is 38.4 Å². The Morgan fingerprint density at radius 1 is 1.29 bits per heavy atom. The van der Waals surface area contributed by atoms with Crippen LogP contribution in [0.4, 0.5) is 8.78 Å². The van der Waals surface area contributed by atoms with E-state index in [1.807, 2.05) is 20.8 Å². The molecule has 0 aliphatic heterocycles. The Balaban J connectivity index is 2.27. The predicted molar refractivity (Wildman–Crippen MR) is 115 cm³/mol. The Morgan fingerprint density at radius 2 is 2.00 bits per heavy atom. The summed E-state index contributed by atoms with van der Waals surface area (Å²) in [7, 11) is 0. The molecule has 1 heterocycles. The lowest BCUT2D eigenvalue weighted by Gasteiger charge is -2.16. The third kappa shape index (κ3) is 6.43. The summed E-state index contributed by atoms with van der Waals surface area (Å²) >= 11 is 4.32. The highest BCUT2D eigenvalue weighted by atomic mass is 32.1. The van der Waals surface area contributed by atoms with Gasteiger partial charge in [-0.3, -0.25) is 9.36 Å². The summed E-state index contributed by atoms with van der Waals surface area (Å²) in [4.78, 5) is 27.5. The second kappa shape index (κ2) is 11.1. The Bertz CT molecular complexity index is 934. The van der Waals surface area contributed by atoms with Crippen LogP contribution in [0, 0.1) is 17.6 Å². The lowest BCUT2D eigenvalue weighted by atomic mass is 10.1. The van der Waals surface area contributed by atoms with Crippen molar-refractivity contribution in [3.8, 4) is 6.01 Å². The van der Waals surface area contributed by atoms with Crippen molar-refractivity contribution in [2.75, 3.05) is 6.61 Å². The van der Waals surface area contributed by atoms with Gasteiger partial charge in [0, 0.05) is 5.56 Å². The van der Waals surface area contributed by atoms with Gasteiger partial charge in [0.15, 0.2) is 11.6 Å². The molecular formula is C21H27F2N3O4S. The van der Waals surface area contributed by atoms with Crippen molar-refractivity contribution < 1.29 is 28.2 Å². The third-order valence-corrected chi connectivity index (χ3v) is 4.94. The summed E-state index contributed by atoms with van der Waals surface area (Å²) < 4.78 is 35.7. The fraction of sp³-hybridized carbons (Fsp3) is 0.476. The standard InChI is InChI=1S/C21H27F2N3O4S/c1-4-7-30-21-25-10-14(9-24-19(27)16(31)8-12(2)3)26(21)11-13-5-6-15(20(28)29)18(23)17(13)22/h5-6,10,12,16,31H,4,7-9,11H2,1-3H3,(H,24,27)(H,28,29). The molecule has 2 rings (SSSR count). The van der Waals surface area contributed by atoms with Crippen LogP contribution in [0.3, 0.4) is 0 Å². The van der Waals surface area contributed by atoms with Gasteiger partial charge in [-0.1, -0.05) is 26.8 Å². The van der Waals surface area contributed by atoms with E-state index in [0.29, 0.717) is 31.1 Å². The van der Waals surface area contributed by atoms with E-state index in [1.54, 1.807) is 0 Å². The van der Waals surface area contributed by atoms with Crippen LogP contribution in [-0.2, 0) is 17.9 Å². The molecule has 1 aromatic heterocycles. The minimum atomic E-state index is -1.55. The zero-order chi connectivity index (χ0) is 23.1. The normalized spacial score (nSPS) is 12.1. The molecule has 0 fully saturated rings. The Hall–Kier alpha value is -2.62. The zero-order valence-electron chi connectivity index (χ0n) is 17.7. The van der Waals surface area contributed by atoms with E-state index in [2.05, 4.69) is 22.9 Å². The minimum absolute atomic E-state index is 0.0682. The van der Waals surface area contributed by atoms with E-state index >= 15 is 0 Å². The van der Waals surface area contributed by atoms with E-state index in [1.165, 1.54) is 16.8 Å². The number of imidazole rings is 1. The second-order valence-electron chi connectivity index (χ2n) is 7.54. The van der Waals surface area contributed by atoms with Crippen LogP contribution in [0.2, 0.25) is 0 Å². The molecule has 0 saturated heterocycles. The van der Waals surface area contributed by atoms with Crippen molar-refractivity contribution in [3.63, 3.8) is 0 Å². The molecule has 2 N–H and O–H groups in total. The molecule has 0 saturated carbocycles. The van der Waals surface area contributed by atoms with Crippen molar-refractivity contribution in [2.45, 2.75) is 52.0 Å². The smallest absolute Gasteiger partial charge is 0.338 e. The topological polar surface area (TPSA) is 93.5 Å². The number of rotatable bonds is 11. The van der Waals surface area contributed by atoms with Crippen LogP contribution in [0.5, 0.6) is 6.01 Å². The fourth-order valence-corrected chi connectivity index (χ4v) is 3.42. The van der Waals surface area contributed by atoms with E-state index in [-0.39, 0.29) is 30.6 Å². The number of carboxylic acids is 1. The molecule has 0 bridgehead atoms. The van der Waals surface area contributed by atoms with Crippen LogP contribution in [0.1, 0.15) is 55.2 Å². The molecule has 1 atom stereocenters. The first-order chi connectivity index (χ1) is 14.6. The van der Waals surface area contributed by atoms with Gasteiger partial charge in [0.1, 0.15) is 0 Å². The van der Waals surface area contributed by atoms with E-state index in [4.69, 9.17) is 9.84 Å². The summed E-state index contributed by atoms with van der Waals surface area (Å²) in [6.45, 7) is 6.20. The van der Waals surface area contributed by atoms with Crippen molar-refractivity contribution in [2.24, 2.45) is 5.92 Å². The number of aromatic nitrogens is 2. The number of nitrogens with one attached hydrogen (secondary N) is 1. The molecule has 10 heteroatoms. The van der Waals surface area contributed by atoms with Crippen LogP contribution in [0.15, 0.2) is 18.3 Å². The summed E-state index contributed by atoms with van der Waals surface area (Å²) in [6.07, 6.45) is 2.81. The van der Waals surface area contributed by atoms with E-state index < -0.39 is 28.4 Å². The summed E-state index contributed by atoms with van der Waals surface area (Å²) in [5.41, 5.74) is -0.292. The number of hydrogen-bond acceptors (Lipinski definition) is 5. The molecule has 0 spiro atoms. The molecule has 2 aromatic rings. The van der Waals surface area contributed by atoms with Gasteiger partial charge in [-0.15, -0.1) is 0 Å². The van der Waals surface area contributed by atoms with Crippen molar-refractivity contribution in [1.29, 1.82) is 0 Å². The number of hydrogen-bond donors (Lipinski definition) is 3. The van der Waals surface area contributed by atoms with Gasteiger partial charge in [-0.25, -0.2) is 18.6 Å². The fourth-order valence-electron chi connectivity index (χ4n) is 2.91. The summed E-state index contributed by atoms with van der Waals surface area (Å²) in [5.74, 6) is -4.17. The first kappa shape index (κ1) is 24.6. The van der Waals surface area contributed by atoms with Crippen LogP contribution in [0.25, 0.3) is 0 Å². The number of ether oxygens (including phenoxy) is 1. The Labute approximate surface area is 185 Å². The maximum Gasteiger partial charge on any atom is 0.338 e. The van der Waals surface area contributed by atoms with Gasteiger partial charge in [0.25, 0.3) is 6.01 Å². The highest BCUT2D eigenvalue weighted by Gasteiger charge is 2.21. The lowest BCUT2D eigenvalue weighted by Crippen LogP contribution is -2.32. The predicted octanol–water partition coefficient (Wildman–Crippen LogP) is 3.66. The third-order valence-electron chi connectivity index (χ3n) is 4.50. The van der Waals surface area contributed by atoms with Crippen molar-refractivity contribution in [3.05, 3.63) is 46.8 Å². The molecule has 7 nitrogen and oxygen atoms in total. The van der Waals surface area contributed by atoms with Crippen molar-refractivity contribution in [1.82, 2.24) is 14.9 Å². The van der Waals surface area contributed by atoms with Gasteiger partial charge in [-0.2, -0.15) is 12.6 Å². The number of carbonyl (C=O) groups excluding carboxylic acids is 1. The average molecular weight is 456 g/mol. The molecular weight excluding hydrogens is 428 g/mol. The molecule has 1 aromatic carbocycles. The minimum Gasteiger partial charge on any atom is -0.478 e. The Morgan fingerprint density at radius 3 is 2.61 bits per heavy atom. The first-order valence-corrected chi connectivity index (χ1v) is 10.5. The molecule has 0 aliphatic rings. The number of benzene rings is 1. The zero-order valence-corrected chi connectivity index (χ0v) is 18.6. The number of carbonyl (C=O) groups is 2. The molecule has 0 aliphatic carbocycles. The largest absolute Gasteiger partial charge is 0.478 e. The number of nitrogens with zero attached hydrogens (tertiary/aromatic N) is 2. The summed E-state index contributed by atoms with van der Waals surface area (Å²) in [5, 5.41) is 11.3. The molecule has 31 heavy (non-hydrogen) atoms. The SMILES string of the molecule is CCCOc1ncc(CNC(=O)C(S)CC(C)C)n1Cc1ccc(C(=O)O)c(F)c1F. The van der Waals surface area contributed by atoms with E-state index in [9.17, 15) is 18.4 Å². The van der Waals surface area contributed by atoms with Crippen LogP contribution >= 0.6 is 12.6 Å². The number of thiol groups is 1. The van der Waals surface area contributed by atoms with Crippen LogP contribution < -0.4 is 10.1 Å². The Kier molecular flexibility index (Phi) is 8.85. The van der Waals surface area contributed by atoms with Gasteiger partial charge in [0.05, 0.1) is 42.4 Å². The maximum atomic E-state index is 14.5. The van der Waals surface area contributed by atoms with Gasteiger partial charge >= 0.3 is 5.97 Å². The lowest BCUT2D eigenvalue weighted by molar-refractivity contribution is -0.121. The van der Waals surface area contributed by atoms with E-state index in [0.717, 1.165) is 6.07 Å². The molecule has 0 radical (unpaired) electrons. The number of aromatic carboxylic acids is 1.